The maximum absolute atomic E-state index is 13.0. The summed E-state index contributed by atoms with van der Waals surface area (Å²) in [5, 5.41) is 11.1. The van der Waals surface area contributed by atoms with Crippen LogP contribution in [0.1, 0.15) is 62.9 Å². The van der Waals surface area contributed by atoms with Crippen molar-refractivity contribution in [3.63, 3.8) is 0 Å². The second-order valence-corrected chi connectivity index (χ2v) is 10.1. The average Bonchev–Trinajstić information content (AvgIpc) is 3.32. The highest BCUT2D eigenvalue weighted by Gasteiger charge is 2.27. The standard InChI is InChI=1S/C31H34N4O4/c1-5-26(39-25-17-15-22(16-18-25)31(3,4)6-2)30(38)32-23-12-10-11-21(19-23)29(37)33-27-20-28(36)35(34-27)24-13-8-7-9-14-24/h7-19,26H,5-6,20H2,1-4H3,(H,32,38)(H,33,34,37)/t26-/m1/s1. The normalized spacial score (nSPS) is 14.0. The number of amides is 3. The lowest BCUT2D eigenvalue weighted by molar-refractivity contribution is -0.122. The molecule has 0 spiro atoms. The van der Waals surface area contributed by atoms with E-state index in [0.717, 1.165) is 6.42 Å². The summed E-state index contributed by atoms with van der Waals surface area (Å²) in [5.41, 5.74) is 2.70. The van der Waals surface area contributed by atoms with E-state index >= 15 is 0 Å². The summed E-state index contributed by atoms with van der Waals surface area (Å²) in [6.07, 6.45) is 0.780. The zero-order valence-electron chi connectivity index (χ0n) is 22.7. The van der Waals surface area contributed by atoms with Crippen molar-refractivity contribution >= 4 is 34.9 Å². The Morgan fingerprint density at radius 3 is 2.36 bits per heavy atom. The van der Waals surface area contributed by atoms with E-state index in [0.29, 0.717) is 29.1 Å². The first kappa shape index (κ1) is 27.6. The molecular formula is C31H34N4O4. The molecule has 8 nitrogen and oxygen atoms in total. The van der Waals surface area contributed by atoms with E-state index in [4.69, 9.17) is 4.74 Å². The van der Waals surface area contributed by atoms with Crippen LogP contribution in [0.25, 0.3) is 0 Å². The van der Waals surface area contributed by atoms with Crippen molar-refractivity contribution in [1.29, 1.82) is 0 Å². The number of para-hydroxylation sites is 1. The molecule has 4 rings (SSSR count). The summed E-state index contributed by atoms with van der Waals surface area (Å²) in [7, 11) is 0. The minimum atomic E-state index is -0.699. The Balaban J connectivity index is 1.38. The smallest absolute Gasteiger partial charge is 0.265 e. The van der Waals surface area contributed by atoms with Crippen molar-refractivity contribution in [2.45, 2.75) is 58.5 Å². The summed E-state index contributed by atoms with van der Waals surface area (Å²) >= 11 is 0. The third-order valence-electron chi connectivity index (χ3n) is 6.89. The fraction of sp³-hybridized carbons (Fsp3) is 0.290. The highest BCUT2D eigenvalue weighted by Crippen LogP contribution is 2.28. The van der Waals surface area contributed by atoms with Gasteiger partial charge in [-0.25, -0.2) is 0 Å². The summed E-state index contributed by atoms with van der Waals surface area (Å²) in [5.74, 6) is -0.0802. The second-order valence-electron chi connectivity index (χ2n) is 10.1. The largest absolute Gasteiger partial charge is 0.481 e. The predicted molar refractivity (Wildman–Crippen MR) is 153 cm³/mol. The quantitative estimate of drug-likeness (QED) is 0.376. The van der Waals surface area contributed by atoms with Crippen molar-refractivity contribution in [2.24, 2.45) is 5.10 Å². The highest BCUT2D eigenvalue weighted by atomic mass is 16.5. The molecule has 202 valence electrons. The number of nitrogens with zero attached hydrogens (tertiary/aromatic N) is 2. The maximum Gasteiger partial charge on any atom is 0.265 e. The number of carbonyl (C=O) groups excluding carboxylic acids is 3. The number of hydrazone groups is 1. The fourth-order valence-corrected chi connectivity index (χ4v) is 4.11. The van der Waals surface area contributed by atoms with Gasteiger partial charge < -0.3 is 15.4 Å². The summed E-state index contributed by atoms with van der Waals surface area (Å²) in [6, 6.07) is 23.5. The summed E-state index contributed by atoms with van der Waals surface area (Å²) < 4.78 is 5.98. The van der Waals surface area contributed by atoms with Gasteiger partial charge in [-0.15, -0.1) is 0 Å². The molecule has 0 aromatic heterocycles. The van der Waals surface area contributed by atoms with Crippen molar-refractivity contribution in [1.82, 2.24) is 5.32 Å². The van der Waals surface area contributed by atoms with Crippen LogP contribution in [0.15, 0.2) is 84.0 Å². The molecule has 0 saturated heterocycles. The predicted octanol–water partition coefficient (Wildman–Crippen LogP) is 5.65. The van der Waals surface area contributed by atoms with Gasteiger partial charge in [0.05, 0.1) is 12.1 Å². The van der Waals surface area contributed by atoms with Crippen molar-refractivity contribution < 1.29 is 19.1 Å². The molecule has 1 aliphatic rings. The molecule has 39 heavy (non-hydrogen) atoms. The van der Waals surface area contributed by atoms with E-state index in [2.05, 4.69) is 36.5 Å². The number of ether oxygens (including phenoxy) is 1. The molecule has 3 aromatic rings. The maximum atomic E-state index is 13.0. The van der Waals surface area contributed by atoms with Crippen LogP contribution in [0.4, 0.5) is 11.4 Å². The Hall–Kier alpha value is -4.46. The number of hydrogen-bond acceptors (Lipinski definition) is 5. The van der Waals surface area contributed by atoms with Gasteiger partial charge in [0, 0.05) is 11.3 Å². The van der Waals surface area contributed by atoms with E-state index in [-0.39, 0.29) is 29.5 Å². The van der Waals surface area contributed by atoms with Crippen molar-refractivity contribution in [2.75, 3.05) is 10.3 Å². The van der Waals surface area contributed by atoms with E-state index in [1.807, 2.05) is 49.4 Å². The lowest BCUT2D eigenvalue weighted by Crippen LogP contribution is -2.33. The van der Waals surface area contributed by atoms with E-state index in [1.54, 1.807) is 36.4 Å². The van der Waals surface area contributed by atoms with E-state index < -0.39 is 12.0 Å². The highest BCUT2D eigenvalue weighted by molar-refractivity contribution is 6.18. The number of carbonyl (C=O) groups is 3. The average molecular weight is 527 g/mol. The number of rotatable bonds is 9. The van der Waals surface area contributed by atoms with Gasteiger partial charge in [-0.1, -0.05) is 64.1 Å². The molecule has 1 atom stereocenters. The molecular weight excluding hydrogens is 492 g/mol. The van der Waals surface area contributed by atoms with E-state index in [1.165, 1.54) is 10.6 Å². The Kier molecular flexibility index (Phi) is 8.44. The van der Waals surface area contributed by atoms with Crippen LogP contribution in [0.3, 0.4) is 0 Å². The first-order valence-electron chi connectivity index (χ1n) is 13.1. The fourth-order valence-electron chi connectivity index (χ4n) is 4.11. The van der Waals surface area contributed by atoms with Crippen LogP contribution in [0, 0.1) is 0 Å². The van der Waals surface area contributed by atoms with Crippen LogP contribution in [-0.2, 0) is 15.0 Å². The Bertz CT molecular complexity index is 1370. The van der Waals surface area contributed by atoms with Crippen molar-refractivity contribution in [3.05, 3.63) is 90.0 Å². The molecule has 3 aromatic carbocycles. The molecule has 1 aliphatic heterocycles. The van der Waals surface area contributed by atoms with Gasteiger partial charge in [0.15, 0.2) is 6.10 Å². The van der Waals surface area contributed by atoms with Crippen LogP contribution in [0.5, 0.6) is 5.75 Å². The number of amidine groups is 1. The summed E-state index contributed by atoms with van der Waals surface area (Å²) in [4.78, 5) is 38.2. The zero-order chi connectivity index (χ0) is 28.0. The van der Waals surface area contributed by atoms with Crippen LogP contribution >= 0.6 is 0 Å². The molecule has 0 saturated carbocycles. The second kappa shape index (κ2) is 11.9. The lowest BCUT2D eigenvalue weighted by Gasteiger charge is -2.24. The molecule has 0 bridgehead atoms. The molecule has 0 unspecified atom stereocenters. The SMILES string of the molecule is CC[C@@H](Oc1ccc(C(C)(C)CC)cc1)C(=O)Nc1cccc(C(=O)NC2=NN(c3ccccc3)C(=O)C2)c1. The monoisotopic (exact) mass is 526 g/mol. The van der Waals surface area contributed by atoms with E-state index in [9.17, 15) is 14.4 Å². The molecule has 1 heterocycles. The molecule has 3 amide bonds. The van der Waals surface area contributed by atoms with Crippen LogP contribution in [0.2, 0.25) is 0 Å². The van der Waals surface area contributed by atoms with Crippen molar-refractivity contribution in [3.8, 4) is 5.75 Å². The van der Waals surface area contributed by atoms with Gasteiger partial charge in [0.25, 0.3) is 17.7 Å². The lowest BCUT2D eigenvalue weighted by atomic mass is 9.82. The third kappa shape index (κ3) is 6.71. The van der Waals surface area contributed by atoms with Gasteiger partial charge in [0.1, 0.15) is 11.6 Å². The van der Waals surface area contributed by atoms with Gasteiger partial charge in [0.2, 0.25) is 0 Å². The Morgan fingerprint density at radius 2 is 1.69 bits per heavy atom. The number of nitrogens with one attached hydrogen (secondary N) is 2. The number of benzene rings is 3. The molecule has 2 N–H and O–H groups in total. The third-order valence-corrected chi connectivity index (χ3v) is 6.89. The molecule has 0 fully saturated rings. The molecule has 8 heteroatoms. The summed E-state index contributed by atoms with van der Waals surface area (Å²) in [6.45, 7) is 8.42. The Labute approximate surface area is 229 Å². The van der Waals surface area contributed by atoms with Crippen LogP contribution < -0.4 is 20.4 Å². The number of hydrogen-bond donors (Lipinski definition) is 2. The van der Waals surface area contributed by atoms with Gasteiger partial charge in [-0.3, -0.25) is 14.4 Å². The number of anilines is 2. The van der Waals surface area contributed by atoms with Gasteiger partial charge in [-0.05, 0) is 66.3 Å². The zero-order valence-corrected chi connectivity index (χ0v) is 22.7. The minimum Gasteiger partial charge on any atom is -0.481 e. The van der Waals surface area contributed by atoms with Crippen LogP contribution in [-0.4, -0.2) is 29.7 Å². The van der Waals surface area contributed by atoms with Gasteiger partial charge in [-0.2, -0.15) is 10.1 Å². The topological polar surface area (TPSA) is 100 Å². The Morgan fingerprint density at radius 1 is 0.974 bits per heavy atom. The molecule has 0 aliphatic carbocycles. The minimum absolute atomic E-state index is 0.0104. The molecule has 0 radical (unpaired) electrons. The first-order valence-corrected chi connectivity index (χ1v) is 13.1. The first-order chi connectivity index (χ1) is 18.7. The van der Waals surface area contributed by atoms with Gasteiger partial charge >= 0.3 is 0 Å².